The summed E-state index contributed by atoms with van der Waals surface area (Å²) in [4.78, 5) is 23.0. The van der Waals surface area contributed by atoms with E-state index in [-0.39, 0.29) is 16.9 Å². The van der Waals surface area contributed by atoms with Crippen LogP contribution in [0.15, 0.2) is 72.3 Å². The van der Waals surface area contributed by atoms with Crippen LogP contribution in [0.2, 0.25) is 5.02 Å². The number of hydrogen-bond donors (Lipinski definition) is 1. The number of non-ortho nitro benzene ring substituents is 1. The number of halogens is 1. The summed E-state index contributed by atoms with van der Waals surface area (Å²) in [6, 6.07) is 20.1. The third-order valence-corrected chi connectivity index (χ3v) is 4.66. The Balaban J connectivity index is 1.83. The number of amides is 1. The highest BCUT2D eigenvalue weighted by Crippen LogP contribution is 2.27. The minimum absolute atomic E-state index is 0.174. The summed E-state index contributed by atoms with van der Waals surface area (Å²) in [6.45, 7) is 2.28. The molecule has 0 saturated heterocycles. The van der Waals surface area contributed by atoms with Gasteiger partial charge in [0.05, 0.1) is 4.92 Å². The van der Waals surface area contributed by atoms with E-state index in [4.69, 9.17) is 16.3 Å². The molecule has 0 heterocycles. The Labute approximate surface area is 189 Å². The van der Waals surface area contributed by atoms with Gasteiger partial charge in [-0.15, -0.1) is 0 Å². The monoisotopic (exact) mass is 447 g/mol. The van der Waals surface area contributed by atoms with Gasteiger partial charge in [-0.25, -0.2) is 0 Å². The maximum Gasteiger partial charge on any atom is 0.271 e. The summed E-state index contributed by atoms with van der Waals surface area (Å²) < 4.78 is 5.90. The molecule has 3 rings (SSSR count). The van der Waals surface area contributed by atoms with Gasteiger partial charge >= 0.3 is 0 Å². The number of nitrogens with zero attached hydrogens (tertiary/aromatic N) is 2. The molecule has 3 aromatic rings. The van der Waals surface area contributed by atoms with Crippen LogP contribution in [0.5, 0.6) is 5.75 Å². The van der Waals surface area contributed by atoms with Crippen molar-refractivity contribution in [2.45, 2.75) is 13.5 Å². The van der Waals surface area contributed by atoms with Gasteiger partial charge in [-0.05, 0) is 42.8 Å². The fourth-order valence-corrected chi connectivity index (χ4v) is 3.11. The first kappa shape index (κ1) is 22.5. The molecule has 3 aromatic carbocycles. The van der Waals surface area contributed by atoms with Crippen LogP contribution in [0, 0.1) is 28.4 Å². The number of nitro benzene ring substituents is 1. The smallest absolute Gasteiger partial charge is 0.271 e. The zero-order valence-corrected chi connectivity index (χ0v) is 17.8. The van der Waals surface area contributed by atoms with Crippen LogP contribution in [0.3, 0.4) is 0 Å². The fraction of sp³-hybridized carbons (Fsp3) is 0.0833. The summed E-state index contributed by atoms with van der Waals surface area (Å²) in [5.74, 6) is -0.260. The van der Waals surface area contributed by atoms with Gasteiger partial charge in [-0.2, -0.15) is 5.26 Å². The number of carbonyl (C=O) groups excluding carboxylic acids is 1. The number of carbonyl (C=O) groups is 1. The van der Waals surface area contributed by atoms with Crippen molar-refractivity contribution in [3.05, 3.63) is 104 Å². The SMILES string of the molecule is Cc1cccc(COc2ccc(Cl)cc2/C=C(\C#N)C(=O)Nc2cccc([N+](=O)[O-])c2)c1. The standard InChI is InChI=1S/C24H18ClN3O4/c1-16-4-2-5-17(10-16)15-32-23-9-8-20(25)12-18(23)11-19(14-26)24(29)27-21-6-3-7-22(13-21)28(30)31/h2-13H,15H2,1H3,(H,27,29)/b19-11+. The Hall–Kier alpha value is -4.15. The molecule has 32 heavy (non-hydrogen) atoms. The van der Waals surface area contributed by atoms with Crippen molar-refractivity contribution in [1.29, 1.82) is 5.26 Å². The third kappa shape index (κ3) is 5.94. The predicted molar refractivity (Wildman–Crippen MR) is 122 cm³/mol. The molecule has 7 nitrogen and oxygen atoms in total. The Kier molecular flexibility index (Phi) is 7.21. The molecule has 160 valence electrons. The molecule has 0 unspecified atom stereocenters. The topological polar surface area (TPSA) is 105 Å². The van der Waals surface area contributed by atoms with Crippen LogP contribution in [0.25, 0.3) is 6.08 Å². The van der Waals surface area contributed by atoms with E-state index in [1.165, 1.54) is 30.3 Å². The molecule has 1 N–H and O–H groups in total. The van der Waals surface area contributed by atoms with Gasteiger partial charge in [-0.3, -0.25) is 14.9 Å². The molecule has 0 bridgehead atoms. The zero-order valence-electron chi connectivity index (χ0n) is 17.0. The van der Waals surface area contributed by atoms with Crippen LogP contribution in [0.4, 0.5) is 11.4 Å². The maximum absolute atomic E-state index is 12.6. The third-order valence-electron chi connectivity index (χ3n) is 4.43. The van der Waals surface area contributed by atoms with E-state index in [1.54, 1.807) is 18.2 Å². The number of nitriles is 1. The second kappa shape index (κ2) is 10.2. The molecule has 0 aliphatic rings. The first-order valence-electron chi connectivity index (χ1n) is 9.51. The number of aryl methyl sites for hydroxylation is 1. The van der Waals surface area contributed by atoms with Crippen molar-refractivity contribution in [3.8, 4) is 11.8 Å². The minimum atomic E-state index is -0.711. The second-order valence-electron chi connectivity index (χ2n) is 6.89. The van der Waals surface area contributed by atoms with Crippen LogP contribution in [-0.2, 0) is 11.4 Å². The average Bonchev–Trinajstić information content (AvgIpc) is 2.77. The summed E-state index contributed by atoms with van der Waals surface area (Å²) in [7, 11) is 0. The van der Waals surface area contributed by atoms with Crippen molar-refractivity contribution in [2.24, 2.45) is 0 Å². The van der Waals surface area contributed by atoms with E-state index in [0.717, 1.165) is 11.1 Å². The lowest BCUT2D eigenvalue weighted by atomic mass is 10.1. The Bertz CT molecular complexity index is 1250. The van der Waals surface area contributed by atoms with Gasteiger partial charge in [0, 0.05) is 28.4 Å². The maximum atomic E-state index is 12.6. The first-order valence-corrected chi connectivity index (χ1v) is 9.89. The number of anilines is 1. The van der Waals surface area contributed by atoms with Gasteiger partial charge in [0.2, 0.25) is 0 Å². The van der Waals surface area contributed by atoms with Crippen molar-refractivity contribution in [1.82, 2.24) is 0 Å². The van der Waals surface area contributed by atoms with E-state index in [2.05, 4.69) is 5.32 Å². The van der Waals surface area contributed by atoms with Crippen LogP contribution < -0.4 is 10.1 Å². The Morgan fingerprint density at radius 3 is 2.69 bits per heavy atom. The largest absolute Gasteiger partial charge is 0.488 e. The van der Waals surface area contributed by atoms with Crippen LogP contribution >= 0.6 is 11.6 Å². The van der Waals surface area contributed by atoms with Crippen molar-refractivity contribution in [3.63, 3.8) is 0 Å². The highest BCUT2D eigenvalue weighted by atomic mass is 35.5. The number of hydrogen-bond acceptors (Lipinski definition) is 5. The molecule has 0 atom stereocenters. The molecule has 0 saturated carbocycles. The van der Waals surface area contributed by atoms with Gasteiger partial charge in [0.25, 0.3) is 11.6 Å². The molecule has 1 amide bonds. The summed E-state index contributed by atoms with van der Waals surface area (Å²) in [5.41, 5.74) is 2.35. The Morgan fingerprint density at radius 1 is 1.19 bits per heavy atom. The highest BCUT2D eigenvalue weighted by Gasteiger charge is 2.14. The number of benzene rings is 3. The summed E-state index contributed by atoms with van der Waals surface area (Å²) in [6.07, 6.45) is 1.37. The predicted octanol–water partition coefficient (Wildman–Crippen LogP) is 5.68. The highest BCUT2D eigenvalue weighted by molar-refractivity contribution is 6.30. The van der Waals surface area contributed by atoms with Crippen molar-refractivity contribution in [2.75, 3.05) is 5.32 Å². The molecule has 0 radical (unpaired) electrons. The molecule has 0 spiro atoms. The fourth-order valence-electron chi connectivity index (χ4n) is 2.93. The first-order chi connectivity index (χ1) is 15.4. The number of rotatable bonds is 7. The number of nitrogens with one attached hydrogen (secondary N) is 1. The van der Waals surface area contributed by atoms with E-state index in [9.17, 15) is 20.2 Å². The minimum Gasteiger partial charge on any atom is -0.488 e. The number of ether oxygens (including phenoxy) is 1. The Morgan fingerprint density at radius 2 is 1.97 bits per heavy atom. The average molecular weight is 448 g/mol. The number of nitro groups is 1. The van der Waals surface area contributed by atoms with Crippen LogP contribution in [0.1, 0.15) is 16.7 Å². The molecule has 0 aliphatic carbocycles. The quantitative estimate of drug-likeness (QED) is 0.217. The van der Waals surface area contributed by atoms with Gasteiger partial charge < -0.3 is 10.1 Å². The van der Waals surface area contributed by atoms with Crippen molar-refractivity contribution < 1.29 is 14.5 Å². The van der Waals surface area contributed by atoms with Crippen LogP contribution in [-0.4, -0.2) is 10.8 Å². The normalized spacial score (nSPS) is 10.8. The lowest BCUT2D eigenvalue weighted by Crippen LogP contribution is -2.13. The molecule has 0 aliphatic heterocycles. The second-order valence-corrected chi connectivity index (χ2v) is 7.33. The molecular formula is C24H18ClN3O4. The zero-order chi connectivity index (χ0) is 23.1. The summed E-state index contributed by atoms with van der Waals surface area (Å²) >= 11 is 6.11. The van der Waals surface area contributed by atoms with Gasteiger partial charge in [0.15, 0.2) is 0 Å². The lowest BCUT2D eigenvalue weighted by molar-refractivity contribution is -0.384. The van der Waals surface area contributed by atoms with E-state index >= 15 is 0 Å². The molecule has 8 heteroatoms. The molecular weight excluding hydrogens is 430 g/mol. The van der Waals surface area contributed by atoms with Crippen molar-refractivity contribution >= 4 is 35.0 Å². The summed E-state index contributed by atoms with van der Waals surface area (Å²) in [5, 5.41) is 23.4. The molecule has 0 aromatic heterocycles. The lowest BCUT2D eigenvalue weighted by Gasteiger charge is -2.11. The van der Waals surface area contributed by atoms with E-state index < -0.39 is 10.8 Å². The van der Waals surface area contributed by atoms with Gasteiger partial charge in [0.1, 0.15) is 24.0 Å². The van der Waals surface area contributed by atoms with E-state index in [0.29, 0.717) is 22.9 Å². The van der Waals surface area contributed by atoms with E-state index in [1.807, 2.05) is 37.3 Å². The van der Waals surface area contributed by atoms with Gasteiger partial charge in [-0.1, -0.05) is 47.5 Å². The molecule has 0 fully saturated rings.